The van der Waals surface area contributed by atoms with E-state index in [1.165, 1.54) is 5.56 Å². The molecule has 1 aromatic rings. The molecule has 0 aliphatic heterocycles. The molecule has 0 saturated carbocycles. The van der Waals surface area contributed by atoms with E-state index in [2.05, 4.69) is 11.4 Å². The predicted molar refractivity (Wildman–Crippen MR) is 67.3 cm³/mol. The molecule has 0 radical (unpaired) electrons. The van der Waals surface area contributed by atoms with Crippen LogP contribution in [0.5, 0.6) is 0 Å². The van der Waals surface area contributed by atoms with Gasteiger partial charge in [0.2, 0.25) is 0 Å². The highest BCUT2D eigenvalue weighted by atomic mass is 35.5. The minimum Gasteiger partial charge on any atom is -0.450 e. The van der Waals surface area contributed by atoms with Crippen molar-refractivity contribution in [3.63, 3.8) is 0 Å². The molecule has 0 bridgehead atoms. The second-order valence-corrected chi connectivity index (χ2v) is 4.58. The van der Waals surface area contributed by atoms with Crippen LogP contribution in [0.4, 0.5) is 4.79 Å². The molecule has 2 atom stereocenters. The number of hydrogen-bond acceptors (Lipinski definition) is 2. The summed E-state index contributed by atoms with van der Waals surface area (Å²) in [4.78, 5) is 11.4. The summed E-state index contributed by atoms with van der Waals surface area (Å²) in [5.74, 6) is 0. The zero-order valence-corrected chi connectivity index (χ0v) is 10.5. The first-order valence-corrected chi connectivity index (χ1v) is 6.31. The first-order valence-electron chi connectivity index (χ1n) is 5.87. The number of amides is 1. The van der Waals surface area contributed by atoms with Gasteiger partial charge in [-0.05, 0) is 30.9 Å². The van der Waals surface area contributed by atoms with Crippen molar-refractivity contribution in [2.45, 2.75) is 31.2 Å². The summed E-state index contributed by atoms with van der Waals surface area (Å²) in [5, 5.41) is 2.64. The summed E-state index contributed by atoms with van der Waals surface area (Å²) in [6, 6.07) is 8.05. The normalized spacial score (nSPS) is 22.7. The number of carbonyl (C=O) groups is 1. The highest BCUT2D eigenvalue weighted by Crippen LogP contribution is 2.34. The maximum atomic E-state index is 11.4. The Labute approximate surface area is 106 Å². The van der Waals surface area contributed by atoms with Crippen LogP contribution in [0.25, 0.3) is 0 Å². The summed E-state index contributed by atoms with van der Waals surface area (Å²) >= 11 is 6.39. The molecular formula is C13H16ClNO2. The number of alkyl halides is 1. The van der Waals surface area contributed by atoms with Gasteiger partial charge in [0.15, 0.2) is 0 Å². The van der Waals surface area contributed by atoms with Gasteiger partial charge in [-0.1, -0.05) is 24.3 Å². The van der Waals surface area contributed by atoms with Gasteiger partial charge in [-0.15, -0.1) is 11.6 Å². The lowest BCUT2D eigenvalue weighted by Crippen LogP contribution is -2.40. The number of halogens is 1. The van der Waals surface area contributed by atoms with E-state index in [1.807, 2.05) is 18.2 Å². The second kappa shape index (κ2) is 5.41. The molecule has 1 aromatic carbocycles. The van der Waals surface area contributed by atoms with Crippen LogP contribution in [0.2, 0.25) is 0 Å². The Kier molecular flexibility index (Phi) is 3.89. The van der Waals surface area contributed by atoms with Gasteiger partial charge >= 0.3 is 6.09 Å². The molecule has 0 unspecified atom stereocenters. The molecule has 1 aliphatic carbocycles. The topological polar surface area (TPSA) is 38.3 Å². The standard InChI is InChI=1S/C13H16ClNO2/c1-2-17-13(16)15-11-8-7-9-5-3-4-6-10(9)12(11)14/h3-6,11-12H,2,7-8H2,1H3,(H,15,16)/t11-,12-/m1/s1. The fraction of sp³-hybridized carbons (Fsp3) is 0.462. The molecule has 17 heavy (non-hydrogen) atoms. The van der Waals surface area contributed by atoms with Gasteiger partial charge in [0.25, 0.3) is 0 Å². The molecular weight excluding hydrogens is 238 g/mol. The van der Waals surface area contributed by atoms with Crippen molar-refractivity contribution in [3.8, 4) is 0 Å². The van der Waals surface area contributed by atoms with E-state index in [4.69, 9.17) is 16.3 Å². The van der Waals surface area contributed by atoms with E-state index in [-0.39, 0.29) is 17.5 Å². The van der Waals surface area contributed by atoms with Gasteiger partial charge < -0.3 is 10.1 Å². The van der Waals surface area contributed by atoms with Crippen molar-refractivity contribution in [2.75, 3.05) is 6.61 Å². The quantitative estimate of drug-likeness (QED) is 0.823. The molecule has 1 aliphatic rings. The van der Waals surface area contributed by atoms with Crippen molar-refractivity contribution in [3.05, 3.63) is 35.4 Å². The van der Waals surface area contributed by atoms with Gasteiger partial charge in [-0.2, -0.15) is 0 Å². The van der Waals surface area contributed by atoms with E-state index in [9.17, 15) is 4.79 Å². The van der Waals surface area contributed by atoms with Crippen molar-refractivity contribution in [1.82, 2.24) is 5.32 Å². The van der Waals surface area contributed by atoms with Crippen LogP contribution in [0, 0.1) is 0 Å². The average Bonchev–Trinajstić information content (AvgIpc) is 2.33. The fourth-order valence-corrected chi connectivity index (χ4v) is 2.58. The minimum atomic E-state index is -0.387. The first kappa shape index (κ1) is 12.2. The first-order chi connectivity index (χ1) is 8.22. The average molecular weight is 254 g/mol. The van der Waals surface area contributed by atoms with Crippen LogP contribution in [0.3, 0.4) is 0 Å². The summed E-state index contributed by atoms with van der Waals surface area (Å²) in [7, 11) is 0. The Morgan fingerprint density at radius 3 is 3.06 bits per heavy atom. The number of rotatable bonds is 2. The van der Waals surface area contributed by atoms with E-state index in [1.54, 1.807) is 6.92 Å². The molecule has 92 valence electrons. The van der Waals surface area contributed by atoms with Crippen LogP contribution >= 0.6 is 11.6 Å². The number of nitrogens with one attached hydrogen (secondary N) is 1. The molecule has 0 spiro atoms. The Morgan fingerprint density at radius 1 is 1.53 bits per heavy atom. The van der Waals surface area contributed by atoms with Crippen LogP contribution in [-0.4, -0.2) is 18.7 Å². The summed E-state index contributed by atoms with van der Waals surface area (Å²) in [5.41, 5.74) is 2.39. The monoisotopic (exact) mass is 253 g/mol. The van der Waals surface area contributed by atoms with Crippen LogP contribution in [0.15, 0.2) is 24.3 Å². The van der Waals surface area contributed by atoms with Crippen LogP contribution in [-0.2, 0) is 11.2 Å². The van der Waals surface area contributed by atoms with Gasteiger partial charge in [0, 0.05) is 0 Å². The number of aryl methyl sites for hydroxylation is 1. The van der Waals surface area contributed by atoms with E-state index in [0.717, 1.165) is 18.4 Å². The molecule has 3 nitrogen and oxygen atoms in total. The molecule has 0 aromatic heterocycles. The highest BCUT2D eigenvalue weighted by molar-refractivity contribution is 6.21. The lowest BCUT2D eigenvalue weighted by molar-refractivity contribution is 0.146. The predicted octanol–water partition coefficient (Wildman–Crippen LogP) is 3.03. The van der Waals surface area contributed by atoms with Gasteiger partial charge in [0.05, 0.1) is 18.0 Å². The Morgan fingerprint density at radius 2 is 2.29 bits per heavy atom. The molecule has 2 rings (SSSR count). The van der Waals surface area contributed by atoms with Gasteiger partial charge in [0.1, 0.15) is 0 Å². The molecule has 1 amide bonds. The third kappa shape index (κ3) is 2.72. The summed E-state index contributed by atoms with van der Waals surface area (Å²) < 4.78 is 4.87. The van der Waals surface area contributed by atoms with Crippen molar-refractivity contribution >= 4 is 17.7 Å². The van der Waals surface area contributed by atoms with E-state index < -0.39 is 0 Å². The molecule has 1 N–H and O–H groups in total. The molecule has 0 saturated heterocycles. The maximum absolute atomic E-state index is 11.4. The zero-order valence-electron chi connectivity index (χ0n) is 9.78. The van der Waals surface area contributed by atoms with Crippen molar-refractivity contribution in [2.24, 2.45) is 0 Å². The van der Waals surface area contributed by atoms with E-state index in [0.29, 0.717) is 6.61 Å². The Balaban J connectivity index is 2.07. The number of benzene rings is 1. The summed E-state index contributed by atoms with van der Waals surface area (Å²) in [6.45, 7) is 2.16. The number of ether oxygens (including phenoxy) is 1. The number of hydrogen-bond donors (Lipinski definition) is 1. The fourth-order valence-electron chi connectivity index (χ4n) is 2.17. The Bertz CT molecular complexity index is 408. The third-order valence-electron chi connectivity index (χ3n) is 3.01. The van der Waals surface area contributed by atoms with Crippen LogP contribution < -0.4 is 5.32 Å². The highest BCUT2D eigenvalue weighted by Gasteiger charge is 2.29. The summed E-state index contributed by atoms with van der Waals surface area (Å²) in [6.07, 6.45) is 1.41. The minimum absolute atomic E-state index is 0.0504. The number of alkyl carbamates (subject to hydrolysis) is 1. The number of fused-ring (bicyclic) bond motifs is 1. The Hall–Kier alpha value is -1.22. The maximum Gasteiger partial charge on any atom is 0.407 e. The molecule has 0 fully saturated rings. The molecule has 4 heteroatoms. The van der Waals surface area contributed by atoms with Gasteiger partial charge in [-0.3, -0.25) is 0 Å². The SMILES string of the molecule is CCOC(=O)N[C@@H]1CCc2ccccc2[C@H]1Cl. The van der Waals surface area contributed by atoms with Crippen molar-refractivity contribution < 1.29 is 9.53 Å². The van der Waals surface area contributed by atoms with Crippen LogP contribution in [0.1, 0.15) is 29.8 Å². The smallest absolute Gasteiger partial charge is 0.407 e. The van der Waals surface area contributed by atoms with Crippen molar-refractivity contribution in [1.29, 1.82) is 0 Å². The third-order valence-corrected chi connectivity index (χ3v) is 3.55. The zero-order chi connectivity index (χ0) is 12.3. The van der Waals surface area contributed by atoms with Gasteiger partial charge in [-0.25, -0.2) is 4.79 Å². The molecule has 0 heterocycles. The number of carbonyl (C=O) groups excluding carboxylic acids is 1. The largest absolute Gasteiger partial charge is 0.450 e. The lowest BCUT2D eigenvalue weighted by atomic mass is 9.88. The van der Waals surface area contributed by atoms with E-state index >= 15 is 0 Å². The second-order valence-electron chi connectivity index (χ2n) is 4.11. The lowest BCUT2D eigenvalue weighted by Gasteiger charge is -2.29.